The number of carbonyl (C=O) groups excluding carboxylic acids is 2. The first-order valence-corrected chi connectivity index (χ1v) is 5.56. The second-order valence-corrected chi connectivity index (χ2v) is 4.54. The number of anilines is 1. The van der Waals surface area contributed by atoms with Crippen molar-refractivity contribution in [2.24, 2.45) is 0 Å². The molecule has 0 spiro atoms. The molecule has 0 atom stereocenters. The third-order valence-corrected chi connectivity index (χ3v) is 2.49. The highest BCUT2D eigenvalue weighted by atomic mass is 35.5. The normalized spacial score (nSPS) is 10.3. The molecule has 0 saturated heterocycles. The first kappa shape index (κ1) is 13.3. The van der Waals surface area contributed by atoms with Crippen molar-refractivity contribution in [1.82, 2.24) is 0 Å². The molecule has 0 aliphatic rings. The van der Waals surface area contributed by atoms with Crippen molar-refractivity contribution in [3.05, 3.63) is 28.8 Å². The third kappa shape index (κ3) is 3.37. The fourth-order valence-corrected chi connectivity index (χ4v) is 1.51. The summed E-state index contributed by atoms with van der Waals surface area (Å²) < 4.78 is 0. The number of nitrogens with one attached hydrogen (secondary N) is 1. The number of carbonyl (C=O) groups is 2. The van der Waals surface area contributed by atoms with E-state index in [0.717, 1.165) is 0 Å². The number of halogens is 3. The lowest BCUT2D eigenvalue weighted by molar-refractivity contribution is -0.114. The smallest absolute Gasteiger partial charge is 0.221 e. The Kier molecular flexibility index (Phi) is 4.59. The number of hydrogen-bond acceptors (Lipinski definition) is 2. The Balaban J connectivity index is 3.07. The van der Waals surface area contributed by atoms with Crippen molar-refractivity contribution in [2.45, 2.75) is 11.8 Å². The van der Waals surface area contributed by atoms with E-state index in [1.807, 2.05) is 0 Å². The lowest BCUT2D eigenvalue weighted by Gasteiger charge is -2.07. The molecule has 0 radical (unpaired) electrons. The highest BCUT2D eigenvalue weighted by Gasteiger charge is 2.15. The molecule has 86 valence electrons. The summed E-state index contributed by atoms with van der Waals surface area (Å²) in [5.41, 5.74) is 0.650. The molecule has 0 fully saturated rings. The van der Waals surface area contributed by atoms with E-state index in [2.05, 4.69) is 5.32 Å². The van der Waals surface area contributed by atoms with Crippen molar-refractivity contribution in [3.63, 3.8) is 0 Å². The zero-order chi connectivity index (χ0) is 12.3. The minimum atomic E-state index is -1.13. The first-order valence-electron chi connectivity index (χ1n) is 4.31. The van der Waals surface area contributed by atoms with Gasteiger partial charge in [-0.25, -0.2) is 0 Å². The van der Waals surface area contributed by atoms with Crippen molar-refractivity contribution in [2.75, 3.05) is 5.32 Å². The van der Waals surface area contributed by atoms with Gasteiger partial charge in [0.15, 0.2) is 10.6 Å². The van der Waals surface area contributed by atoms with Gasteiger partial charge < -0.3 is 5.32 Å². The fourth-order valence-electron chi connectivity index (χ4n) is 1.09. The number of hydrogen-bond donors (Lipinski definition) is 1. The van der Waals surface area contributed by atoms with E-state index < -0.39 is 10.6 Å². The van der Waals surface area contributed by atoms with Crippen LogP contribution in [-0.2, 0) is 4.79 Å². The summed E-state index contributed by atoms with van der Waals surface area (Å²) in [5, 5.41) is 2.84. The molecule has 1 rings (SSSR count). The van der Waals surface area contributed by atoms with Crippen LogP contribution in [0.15, 0.2) is 18.2 Å². The summed E-state index contributed by atoms with van der Waals surface area (Å²) in [6.45, 7) is 1.34. The number of ketones is 1. The summed E-state index contributed by atoms with van der Waals surface area (Å²) in [5.74, 6) is -0.716. The molecule has 1 N–H and O–H groups in total. The number of benzene rings is 1. The molecule has 0 heterocycles. The molecule has 3 nitrogen and oxygen atoms in total. The van der Waals surface area contributed by atoms with Gasteiger partial charge in [0.05, 0.1) is 10.7 Å². The molecular formula is C10H8Cl3NO2. The van der Waals surface area contributed by atoms with Gasteiger partial charge in [0, 0.05) is 12.5 Å². The Labute approximate surface area is 108 Å². The highest BCUT2D eigenvalue weighted by molar-refractivity contribution is 6.55. The van der Waals surface area contributed by atoms with Crippen LogP contribution in [0.4, 0.5) is 5.69 Å². The van der Waals surface area contributed by atoms with Crippen LogP contribution in [0.5, 0.6) is 0 Å². The largest absolute Gasteiger partial charge is 0.325 e. The van der Waals surface area contributed by atoms with Crippen LogP contribution in [-0.4, -0.2) is 16.5 Å². The fraction of sp³-hybridized carbons (Fsp3) is 0.200. The van der Waals surface area contributed by atoms with Gasteiger partial charge >= 0.3 is 0 Å². The zero-order valence-electron chi connectivity index (χ0n) is 8.26. The van der Waals surface area contributed by atoms with E-state index in [0.29, 0.717) is 16.3 Å². The molecule has 0 aliphatic carbocycles. The number of amides is 1. The van der Waals surface area contributed by atoms with Crippen molar-refractivity contribution < 1.29 is 9.59 Å². The molecule has 16 heavy (non-hydrogen) atoms. The van der Waals surface area contributed by atoms with Crippen molar-refractivity contribution in [1.29, 1.82) is 0 Å². The molecule has 0 bridgehead atoms. The minimum absolute atomic E-state index is 0.278. The van der Waals surface area contributed by atoms with Gasteiger partial charge in [0.25, 0.3) is 0 Å². The summed E-state index contributed by atoms with van der Waals surface area (Å²) in [6, 6.07) is 4.42. The number of rotatable bonds is 3. The minimum Gasteiger partial charge on any atom is -0.325 e. The molecule has 1 aromatic rings. The van der Waals surface area contributed by atoms with Gasteiger partial charge in [0.1, 0.15) is 0 Å². The van der Waals surface area contributed by atoms with Crippen LogP contribution in [0.25, 0.3) is 0 Å². The van der Waals surface area contributed by atoms with Crippen molar-refractivity contribution >= 4 is 52.2 Å². The monoisotopic (exact) mass is 279 g/mol. The van der Waals surface area contributed by atoms with Crippen LogP contribution in [0.1, 0.15) is 17.3 Å². The molecule has 0 aromatic heterocycles. The third-order valence-electron chi connectivity index (χ3n) is 1.76. The molecular weight excluding hydrogens is 272 g/mol. The van der Waals surface area contributed by atoms with E-state index in [1.54, 1.807) is 0 Å². The summed E-state index contributed by atoms with van der Waals surface area (Å²) >= 11 is 16.7. The van der Waals surface area contributed by atoms with Crippen LogP contribution >= 0.6 is 34.8 Å². The SMILES string of the molecule is CC(=O)Nc1cc(C(=O)C(Cl)Cl)ccc1Cl. The predicted molar refractivity (Wildman–Crippen MR) is 65.6 cm³/mol. The maximum Gasteiger partial charge on any atom is 0.221 e. The predicted octanol–water partition coefficient (Wildman–Crippen LogP) is 3.28. The van der Waals surface area contributed by atoms with Gasteiger partial charge in [0.2, 0.25) is 5.91 Å². The van der Waals surface area contributed by atoms with E-state index in [4.69, 9.17) is 34.8 Å². The zero-order valence-corrected chi connectivity index (χ0v) is 10.5. The van der Waals surface area contributed by atoms with E-state index in [9.17, 15) is 9.59 Å². The molecule has 0 unspecified atom stereocenters. The highest BCUT2D eigenvalue weighted by Crippen LogP contribution is 2.24. The molecule has 0 aliphatic heterocycles. The molecule has 1 amide bonds. The topological polar surface area (TPSA) is 46.2 Å². The average molecular weight is 281 g/mol. The van der Waals surface area contributed by atoms with Crippen LogP contribution in [0, 0.1) is 0 Å². The van der Waals surface area contributed by atoms with Crippen LogP contribution in [0.2, 0.25) is 5.02 Å². The van der Waals surface area contributed by atoms with Crippen molar-refractivity contribution in [3.8, 4) is 0 Å². The first-order chi connectivity index (χ1) is 7.41. The van der Waals surface area contributed by atoms with Crippen LogP contribution < -0.4 is 5.32 Å². The van der Waals surface area contributed by atoms with Crippen LogP contribution in [0.3, 0.4) is 0 Å². The Morgan fingerprint density at radius 1 is 1.31 bits per heavy atom. The summed E-state index contributed by atoms with van der Waals surface area (Å²) in [6.07, 6.45) is 0. The van der Waals surface area contributed by atoms with Gasteiger partial charge in [-0.2, -0.15) is 0 Å². The Morgan fingerprint density at radius 2 is 1.94 bits per heavy atom. The lowest BCUT2D eigenvalue weighted by Crippen LogP contribution is -2.11. The Morgan fingerprint density at radius 3 is 2.44 bits per heavy atom. The molecule has 0 saturated carbocycles. The Hall–Kier alpha value is -0.770. The van der Waals surface area contributed by atoms with E-state index >= 15 is 0 Å². The molecule has 6 heteroatoms. The second-order valence-electron chi connectivity index (χ2n) is 3.04. The molecule has 1 aromatic carbocycles. The van der Waals surface area contributed by atoms with E-state index in [1.165, 1.54) is 25.1 Å². The quantitative estimate of drug-likeness (QED) is 0.682. The van der Waals surface area contributed by atoms with Gasteiger partial charge in [-0.05, 0) is 18.2 Å². The average Bonchev–Trinajstić information content (AvgIpc) is 2.19. The van der Waals surface area contributed by atoms with Gasteiger partial charge in [-0.15, -0.1) is 0 Å². The number of alkyl halides is 2. The Bertz CT molecular complexity index is 432. The van der Waals surface area contributed by atoms with Gasteiger partial charge in [-0.3, -0.25) is 9.59 Å². The lowest BCUT2D eigenvalue weighted by atomic mass is 10.1. The standard InChI is InChI=1S/C10H8Cl3NO2/c1-5(15)14-8-4-6(2-3-7(8)11)9(16)10(12)13/h2-4,10H,1H3,(H,14,15). The van der Waals surface area contributed by atoms with E-state index in [-0.39, 0.29) is 5.91 Å². The second kappa shape index (κ2) is 5.53. The number of Topliss-reactive ketones (excluding diaryl/α,β-unsaturated/α-hetero) is 1. The summed E-state index contributed by atoms with van der Waals surface area (Å²) in [7, 11) is 0. The summed E-state index contributed by atoms with van der Waals surface area (Å²) in [4.78, 5) is 21.2. The maximum absolute atomic E-state index is 11.5. The van der Waals surface area contributed by atoms with Gasteiger partial charge in [-0.1, -0.05) is 34.8 Å². The maximum atomic E-state index is 11.5.